The lowest BCUT2D eigenvalue weighted by molar-refractivity contribution is -0.141. The molecule has 0 amide bonds. The second-order valence-corrected chi connectivity index (χ2v) is 9.80. The van der Waals surface area contributed by atoms with Crippen molar-refractivity contribution in [1.29, 1.82) is 5.26 Å². The van der Waals surface area contributed by atoms with Crippen LogP contribution in [-0.4, -0.2) is 24.7 Å². The van der Waals surface area contributed by atoms with Crippen LogP contribution in [0, 0.1) is 11.3 Å². The maximum absolute atomic E-state index is 13.7. The van der Waals surface area contributed by atoms with Crippen LogP contribution in [-0.2, 0) is 11.9 Å². The number of halogens is 3. The smallest absolute Gasteiger partial charge is 0.433 e. The van der Waals surface area contributed by atoms with Crippen molar-refractivity contribution in [2.24, 2.45) is 0 Å². The Kier molecular flexibility index (Phi) is 7.99. The van der Waals surface area contributed by atoms with Gasteiger partial charge in [-0.3, -0.25) is 4.79 Å². The van der Waals surface area contributed by atoms with Crippen LogP contribution >= 0.6 is 11.8 Å². The van der Waals surface area contributed by atoms with Gasteiger partial charge in [-0.25, -0.2) is 4.98 Å². The zero-order valence-corrected chi connectivity index (χ0v) is 22.4. The fourth-order valence-corrected chi connectivity index (χ4v) is 5.18. The number of thioether (sulfide) groups is 1. The van der Waals surface area contributed by atoms with Crippen LogP contribution in [0.5, 0.6) is 17.2 Å². The number of carbonyl (C=O) groups excluding carboxylic acids is 1. The Labute approximate surface area is 238 Å². The van der Waals surface area contributed by atoms with E-state index in [-0.39, 0.29) is 34.5 Å². The molecule has 0 atom stereocenters. The summed E-state index contributed by atoms with van der Waals surface area (Å²) in [5.74, 6) is 1.51. The fraction of sp³-hybridized carbons (Fsp3) is 0.129. The summed E-state index contributed by atoms with van der Waals surface area (Å²) in [6.45, 7) is 0.106. The molecule has 1 aliphatic heterocycles. The molecule has 0 fully saturated rings. The summed E-state index contributed by atoms with van der Waals surface area (Å²) in [6.07, 6.45) is -1.64. The number of nitrogens with zero attached hydrogens (tertiary/aromatic N) is 2. The lowest BCUT2D eigenvalue weighted by atomic mass is 10.0. The van der Waals surface area contributed by atoms with Crippen LogP contribution in [0.1, 0.15) is 32.7 Å². The van der Waals surface area contributed by atoms with E-state index in [9.17, 15) is 23.2 Å². The highest BCUT2D eigenvalue weighted by molar-refractivity contribution is 7.98. The van der Waals surface area contributed by atoms with Gasteiger partial charge in [0, 0.05) is 22.4 Å². The lowest BCUT2D eigenvalue weighted by Gasteiger charge is -2.15. The molecule has 0 saturated heterocycles. The molecule has 1 aliphatic rings. The molecule has 5 rings (SSSR count). The molecule has 41 heavy (non-hydrogen) atoms. The molecule has 0 bridgehead atoms. The van der Waals surface area contributed by atoms with E-state index >= 15 is 0 Å². The number of alkyl halides is 3. The van der Waals surface area contributed by atoms with Crippen molar-refractivity contribution in [3.63, 3.8) is 0 Å². The topological polar surface area (TPSA) is 81.4 Å². The predicted molar refractivity (Wildman–Crippen MR) is 148 cm³/mol. The summed E-state index contributed by atoms with van der Waals surface area (Å²) in [5.41, 5.74) is 1.38. The first-order valence-corrected chi connectivity index (χ1v) is 13.2. The largest absolute Gasteiger partial charge is 0.496 e. The molecule has 0 radical (unpaired) electrons. The predicted octanol–water partition coefficient (Wildman–Crippen LogP) is 7.56. The molecule has 10 heteroatoms. The molecule has 206 valence electrons. The number of nitriles is 1. The number of ether oxygens (including phenoxy) is 3. The minimum absolute atomic E-state index is 0.0397. The van der Waals surface area contributed by atoms with Crippen molar-refractivity contribution in [2.75, 3.05) is 13.9 Å². The average molecular weight is 575 g/mol. The summed E-state index contributed by atoms with van der Waals surface area (Å²) in [5, 5.41) is 9.86. The van der Waals surface area contributed by atoms with Gasteiger partial charge < -0.3 is 14.2 Å². The SMILES string of the molecule is COc1ccc(/C=C/C(=O)c2ccc3c(c2)OCO3)cc1CSc1nc(C(F)(F)F)cc(-c2ccccc2)c1C#N. The normalized spacial score (nSPS) is 12.4. The molecule has 2 heterocycles. The van der Waals surface area contributed by atoms with Crippen LogP contribution in [0.2, 0.25) is 0 Å². The van der Waals surface area contributed by atoms with E-state index < -0.39 is 11.9 Å². The summed E-state index contributed by atoms with van der Waals surface area (Å²) in [4.78, 5) is 16.5. The number of fused-ring (bicyclic) bond motifs is 1. The first kappa shape index (κ1) is 27.8. The summed E-state index contributed by atoms with van der Waals surface area (Å²) >= 11 is 1.00. The second-order valence-electron chi connectivity index (χ2n) is 8.84. The molecular weight excluding hydrogens is 553 g/mol. The lowest BCUT2D eigenvalue weighted by Crippen LogP contribution is -2.10. The Balaban J connectivity index is 1.42. The number of carbonyl (C=O) groups is 1. The van der Waals surface area contributed by atoms with Crippen LogP contribution in [0.3, 0.4) is 0 Å². The number of hydrogen-bond acceptors (Lipinski definition) is 7. The molecule has 4 aromatic rings. The maximum atomic E-state index is 13.7. The van der Waals surface area contributed by atoms with E-state index in [1.54, 1.807) is 72.8 Å². The molecule has 1 aromatic heterocycles. The summed E-state index contributed by atoms with van der Waals surface area (Å²) in [6, 6.07) is 21.5. The highest BCUT2D eigenvalue weighted by atomic mass is 32.2. The average Bonchev–Trinajstić information content (AvgIpc) is 3.46. The second kappa shape index (κ2) is 11.8. The van der Waals surface area contributed by atoms with Crippen molar-refractivity contribution in [1.82, 2.24) is 4.98 Å². The molecule has 0 unspecified atom stereocenters. The summed E-state index contributed by atoms with van der Waals surface area (Å²) in [7, 11) is 1.49. The molecule has 3 aromatic carbocycles. The highest BCUT2D eigenvalue weighted by Crippen LogP contribution is 2.38. The van der Waals surface area contributed by atoms with E-state index in [0.29, 0.717) is 39.5 Å². The number of ketones is 1. The number of benzene rings is 3. The number of pyridine rings is 1. The molecule has 0 N–H and O–H groups in total. The fourth-order valence-electron chi connectivity index (χ4n) is 4.20. The van der Waals surface area contributed by atoms with Crippen LogP contribution in [0.4, 0.5) is 13.2 Å². The van der Waals surface area contributed by atoms with E-state index in [1.165, 1.54) is 13.2 Å². The molecule has 6 nitrogen and oxygen atoms in total. The Morgan fingerprint density at radius 2 is 1.85 bits per heavy atom. The van der Waals surface area contributed by atoms with Crippen molar-refractivity contribution in [3.8, 4) is 34.4 Å². The number of aromatic nitrogens is 1. The van der Waals surface area contributed by atoms with Crippen LogP contribution in [0.25, 0.3) is 17.2 Å². The minimum Gasteiger partial charge on any atom is -0.496 e. The first-order chi connectivity index (χ1) is 19.8. The van der Waals surface area contributed by atoms with Gasteiger partial charge in [-0.2, -0.15) is 18.4 Å². The van der Waals surface area contributed by atoms with Gasteiger partial charge >= 0.3 is 6.18 Å². The van der Waals surface area contributed by atoms with E-state index in [2.05, 4.69) is 4.98 Å². The first-order valence-electron chi connectivity index (χ1n) is 12.3. The van der Waals surface area contributed by atoms with Gasteiger partial charge in [0.25, 0.3) is 0 Å². The number of hydrogen-bond donors (Lipinski definition) is 0. The third-order valence-electron chi connectivity index (χ3n) is 6.23. The minimum atomic E-state index is -4.69. The van der Waals surface area contributed by atoms with Gasteiger partial charge in [-0.15, -0.1) is 11.8 Å². The third kappa shape index (κ3) is 6.21. The Hall–Kier alpha value is -4.75. The zero-order chi connectivity index (χ0) is 29.0. The number of methoxy groups -OCH3 is 1. The van der Waals surface area contributed by atoms with Crippen molar-refractivity contribution < 1.29 is 32.2 Å². The van der Waals surface area contributed by atoms with Crippen molar-refractivity contribution >= 4 is 23.6 Å². The van der Waals surface area contributed by atoms with E-state index in [0.717, 1.165) is 17.8 Å². The third-order valence-corrected chi connectivity index (χ3v) is 7.25. The molecule has 0 saturated carbocycles. The maximum Gasteiger partial charge on any atom is 0.433 e. The monoisotopic (exact) mass is 574 g/mol. The van der Waals surface area contributed by atoms with Gasteiger partial charge in [0.1, 0.15) is 22.5 Å². The zero-order valence-electron chi connectivity index (χ0n) is 21.6. The van der Waals surface area contributed by atoms with Gasteiger partial charge in [-0.05, 0) is 53.6 Å². The van der Waals surface area contributed by atoms with E-state index in [4.69, 9.17) is 14.2 Å². The van der Waals surface area contributed by atoms with Gasteiger partial charge in [-0.1, -0.05) is 42.5 Å². The standard InChI is InChI=1S/C31H21F3N2O4S/c1-38-26-11-8-19(7-10-25(37)21-9-12-27-28(14-21)40-18-39-27)13-22(26)17-41-30-24(16-35)23(20-5-3-2-4-6-20)15-29(36-30)31(32,33)34/h2-15H,17-18H2,1H3/b10-7+. The highest BCUT2D eigenvalue weighted by Gasteiger charge is 2.34. The van der Waals surface area contributed by atoms with Crippen molar-refractivity contribution in [3.05, 3.63) is 107 Å². The quantitative estimate of drug-likeness (QED) is 0.122. The summed E-state index contributed by atoms with van der Waals surface area (Å²) < 4.78 is 57.3. The molecule has 0 spiro atoms. The molecule has 0 aliphatic carbocycles. The van der Waals surface area contributed by atoms with Gasteiger partial charge in [0.05, 0.1) is 12.7 Å². The number of rotatable bonds is 8. The van der Waals surface area contributed by atoms with Crippen molar-refractivity contribution in [2.45, 2.75) is 17.0 Å². The Morgan fingerprint density at radius 3 is 2.59 bits per heavy atom. The Morgan fingerprint density at radius 1 is 1.07 bits per heavy atom. The Bertz CT molecular complexity index is 1680. The van der Waals surface area contributed by atoms with E-state index in [1.807, 2.05) is 6.07 Å². The van der Waals surface area contributed by atoms with Crippen LogP contribution < -0.4 is 14.2 Å². The van der Waals surface area contributed by atoms with Gasteiger partial charge in [0.2, 0.25) is 6.79 Å². The molecular formula is C31H21F3N2O4S. The van der Waals surface area contributed by atoms with Gasteiger partial charge in [0.15, 0.2) is 17.3 Å². The number of allylic oxidation sites excluding steroid dienone is 1. The van der Waals surface area contributed by atoms with Crippen LogP contribution in [0.15, 0.2) is 83.9 Å².